The van der Waals surface area contributed by atoms with E-state index in [0.29, 0.717) is 10.8 Å². The van der Waals surface area contributed by atoms with Gasteiger partial charge >= 0.3 is 0 Å². The molecule has 2 aromatic heterocycles. The first-order valence-electron chi connectivity index (χ1n) is 5.62. The van der Waals surface area contributed by atoms with Gasteiger partial charge in [-0.25, -0.2) is 9.67 Å². The minimum atomic E-state index is 0.457. The lowest BCUT2D eigenvalue weighted by Crippen LogP contribution is -2.00. The summed E-state index contributed by atoms with van der Waals surface area (Å²) in [6.07, 6.45) is 1.73. The van der Waals surface area contributed by atoms with Crippen molar-refractivity contribution in [3.63, 3.8) is 0 Å². The van der Waals surface area contributed by atoms with Gasteiger partial charge < -0.3 is 5.73 Å². The number of fused-ring (bicyclic) bond motifs is 1. The first kappa shape index (κ1) is 12.4. The lowest BCUT2D eigenvalue weighted by molar-refractivity contribution is 0.894. The molecule has 0 aliphatic heterocycles. The van der Waals surface area contributed by atoms with Gasteiger partial charge in [-0.05, 0) is 52.7 Å². The molecule has 96 valence electrons. The largest absolute Gasteiger partial charge is 0.382 e. The van der Waals surface area contributed by atoms with Crippen molar-refractivity contribution in [1.29, 1.82) is 0 Å². The molecule has 3 aromatic rings. The third-order valence-electron chi connectivity index (χ3n) is 2.90. The molecule has 0 amide bonds. The van der Waals surface area contributed by atoms with Gasteiger partial charge in [0.15, 0.2) is 11.5 Å². The van der Waals surface area contributed by atoms with Gasteiger partial charge in [0.25, 0.3) is 0 Å². The van der Waals surface area contributed by atoms with E-state index in [4.69, 9.17) is 17.3 Å². The SMILES string of the molecule is Cc1cc(Cl)ccc1-n1nc(N)c2cc(Br)cnc21. The van der Waals surface area contributed by atoms with Crippen molar-refractivity contribution in [3.8, 4) is 5.69 Å². The molecule has 0 bridgehead atoms. The first-order chi connectivity index (χ1) is 9.06. The van der Waals surface area contributed by atoms with Crippen LogP contribution in [-0.4, -0.2) is 14.8 Å². The second-order valence-electron chi connectivity index (χ2n) is 4.25. The predicted molar refractivity (Wildman–Crippen MR) is 80.7 cm³/mol. The van der Waals surface area contributed by atoms with Crippen LogP contribution in [-0.2, 0) is 0 Å². The Kier molecular flexibility index (Phi) is 2.95. The number of halogens is 2. The fourth-order valence-corrected chi connectivity index (χ4v) is 2.58. The summed E-state index contributed by atoms with van der Waals surface area (Å²) >= 11 is 9.36. The van der Waals surface area contributed by atoms with Crippen LogP contribution in [0, 0.1) is 6.92 Å². The van der Waals surface area contributed by atoms with Gasteiger partial charge in [0.05, 0.1) is 11.1 Å². The molecule has 0 unspecified atom stereocenters. The molecule has 0 fully saturated rings. The Morgan fingerprint density at radius 2 is 2.11 bits per heavy atom. The summed E-state index contributed by atoms with van der Waals surface area (Å²) in [5, 5.41) is 5.88. The molecular weight excluding hydrogens is 328 g/mol. The monoisotopic (exact) mass is 336 g/mol. The number of nitrogen functional groups attached to an aromatic ring is 1. The summed E-state index contributed by atoms with van der Waals surface area (Å²) in [6, 6.07) is 7.53. The normalized spacial score (nSPS) is 11.1. The highest BCUT2D eigenvalue weighted by atomic mass is 79.9. The van der Waals surface area contributed by atoms with Crippen molar-refractivity contribution in [2.45, 2.75) is 6.92 Å². The Morgan fingerprint density at radius 1 is 1.32 bits per heavy atom. The van der Waals surface area contributed by atoms with Crippen LogP contribution in [0.3, 0.4) is 0 Å². The number of aryl methyl sites for hydroxylation is 1. The number of aromatic nitrogens is 3. The molecule has 0 aliphatic carbocycles. The Balaban J connectivity index is 2.31. The summed E-state index contributed by atoms with van der Waals surface area (Å²) in [4.78, 5) is 4.38. The standard InChI is InChI=1S/C13H10BrClN4/c1-7-4-9(15)2-3-11(7)19-13-10(12(16)18-19)5-8(14)6-17-13/h2-6H,1H3,(H2,16,18). The van der Waals surface area contributed by atoms with Crippen LogP contribution in [0.15, 0.2) is 34.9 Å². The van der Waals surface area contributed by atoms with Gasteiger partial charge in [-0.2, -0.15) is 0 Å². The van der Waals surface area contributed by atoms with Crippen molar-refractivity contribution in [3.05, 3.63) is 45.5 Å². The van der Waals surface area contributed by atoms with Crippen molar-refractivity contribution in [2.75, 3.05) is 5.73 Å². The molecule has 2 heterocycles. The number of nitrogens with two attached hydrogens (primary N) is 1. The molecule has 0 saturated heterocycles. The lowest BCUT2D eigenvalue weighted by Gasteiger charge is -2.06. The van der Waals surface area contributed by atoms with Gasteiger partial charge in [-0.1, -0.05) is 11.6 Å². The zero-order valence-corrected chi connectivity index (χ0v) is 12.4. The quantitative estimate of drug-likeness (QED) is 0.736. The molecule has 0 radical (unpaired) electrons. The minimum Gasteiger partial charge on any atom is -0.382 e. The average Bonchev–Trinajstić information content (AvgIpc) is 2.66. The molecule has 6 heteroatoms. The molecule has 0 spiro atoms. The molecule has 19 heavy (non-hydrogen) atoms. The van der Waals surface area contributed by atoms with Crippen LogP contribution in [0.1, 0.15) is 5.56 Å². The maximum atomic E-state index is 5.97. The molecule has 0 saturated carbocycles. The summed E-state index contributed by atoms with van der Waals surface area (Å²) < 4.78 is 2.61. The van der Waals surface area contributed by atoms with Crippen LogP contribution < -0.4 is 5.73 Å². The molecule has 4 nitrogen and oxygen atoms in total. The predicted octanol–water partition coefficient (Wildman–Crippen LogP) is 3.73. The Hall–Kier alpha value is -1.59. The van der Waals surface area contributed by atoms with Crippen LogP contribution in [0.4, 0.5) is 5.82 Å². The highest BCUT2D eigenvalue weighted by Crippen LogP contribution is 2.27. The fourth-order valence-electron chi connectivity index (χ4n) is 2.02. The van der Waals surface area contributed by atoms with Crippen LogP contribution in [0.2, 0.25) is 5.02 Å². The van der Waals surface area contributed by atoms with E-state index in [1.807, 2.05) is 31.2 Å². The minimum absolute atomic E-state index is 0.457. The summed E-state index contributed by atoms with van der Waals surface area (Å²) in [7, 11) is 0. The highest BCUT2D eigenvalue weighted by Gasteiger charge is 2.13. The molecule has 2 N–H and O–H groups in total. The maximum Gasteiger partial charge on any atom is 0.165 e. The van der Waals surface area contributed by atoms with Crippen LogP contribution in [0.5, 0.6) is 0 Å². The van der Waals surface area contributed by atoms with Crippen LogP contribution in [0.25, 0.3) is 16.7 Å². The van der Waals surface area contributed by atoms with Crippen molar-refractivity contribution in [2.24, 2.45) is 0 Å². The number of rotatable bonds is 1. The fraction of sp³-hybridized carbons (Fsp3) is 0.0769. The highest BCUT2D eigenvalue weighted by molar-refractivity contribution is 9.10. The molecule has 1 aromatic carbocycles. The van der Waals surface area contributed by atoms with E-state index in [2.05, 4.69) is 26.0 Å². The summed E-state index contributed by atoms with van der Waals surface area (Å²) in [5.41, 5.74) is 8.61. The van der Waals surface area contributed by atoms with E-state index in [1.54, 1.807) is 10.9 Å². The number of hydrogen-bond donors (Lipinski definition) is 1. The van der Waals surface area contributed by atoms with Crippen LogP contribution >= 0.6 is 27.5 Å². The lowest BCUT2D eigenvalue weighted by atomic mass is 10.2. The van der Waals surface area contributed by atoms with E-state index in [0.717, 1.165) is 26.8 Å². The van der Waals surface area contributed by atoms with E-state index in [9.17, 15) is 0 Å². The zero-order valence-electron chi connectivity index (χ0n) is 10.1. The third kappa shape index (κ3) is 2.09. The number of hydrogen-bond acceptors (Lipinski definition) is 3. The number of benzene rings is 1. The van der Waals surface area contributed by atoms with E-state index in [1.165, 1.54) is 0 Å². The van der Waals surface area contributed by atoms with Gasteiger partial charge in [-0.15, -0.1) is 5.10 Å². The van der Waals surface area contributed by atoms with Gasteiger partial charge in [0, 0.05) is 15.7 Å². The Morgan fingerprint density at radius 3 is 2.84 bits per heavy atom. The summed E-state index contributed by atoms with van der Waals surface area (Å²) in [5.74, 6) is 0.457. The van der Waals surface area contributed by atoms with Gasteiger partial charge in [0.2, 0.25) is 0 Å². The molecule has 0 aliphatic rings. The topological polar surface area (TPSA) is 56.7 Å². The molecular formula is C13H10BrClN4. The van der Waals surface area contributed by atoms with Gasteiger partial charge in [-0.3, -0.25) is 0 Å². The Labute approximate surface area is 123 Å². The second-order valence-corrected chi connectivity index (χ2v) is 5.60. The first-order valence-corrected chi connectivity index (χ1v) is 6.79. The third-order valence-corrected chi connectivity index (χ3v) is 3.57. The number of pyridine rings is 1. The van der Waals surface area contributed by atoms with Crippen molar-refractivity contribution in [1.82, 2.24) is 14.8 Å². The zero-order chi connectivity index (χ0) is 13.6. The van der Waals surface area contributed by atoms with E-state index in [-0.39, 0.29) is 0 Å². The Bertz CT molecular complexity index is 782. The van der Waals surface area contributed by atoms with Gasteiger partial charge in [0.1, 0.15) is 0 Å². The van der Waals surface area contributed by atoms with Crippen molar-refractivity contribution < 1.29 is 0 Å². The smallest absolute Gasteiger partial charge is 0.165 e. The number of anilines is 1. The average molecular weight is 338 g/mol. The molecule has 3 rings (SSSR count). The van der Waals surface area contributed by atoms with Crippen molar-refractivity contribution >= 4 is 44.4 Å². The molecule has 0 atom stereocenters. The second kappa shape index (κ2) is 4.51. The van der Waals surface area contributed by atoms with E-state index < -0.39 is 0 Å². The number of nitrogens with zero attached hydrogens (tertiary/aromatic N) is 3. The summed E-state index contributed by atoms with van der Waals surface area (Å²) in [6.45, 7) is 1.98. The maximum absolute atomic E-state index is 5.97. The van der Waals surface area contributed by atoms with E-state index >= 15 is 0 Å².